The van der Waals surface area contributed by atoms with Crippen LogP contribution in [0, 0.1) is 0 Å². The molecule has 1 aromatic rings. The maximum atomic E-state index is 11.3. The first kappa shape index (κ1) is 9.51. The molecule has 0 atom stereocenters. The summed E-state index contributed by atoms with van der Waals surface area (Å²) in [6.45, 7) is 3.49. The highest BCUT2D eigenvalue weighted by molar-refractivity contribution is 5.92. The van der Waals surface area contributed by atoms with Crippen molar-refractivity contribution in [3.05, 3.63) is 24.0 Å². The van der Waals surface area contributed by atoms with E-state index in [-0.39, 0.29) is 17.4 Å². The number of esters is 1. The lowest BCUT2D eigenvalue weighted by Gasteiger charge is -2.07. The zero-order chi connectivity index (χ0) is 9.84. The molecule has 1 rings (SSSR count). The fraction of sp³-hybridized carbons (Fsp3) is 0.333. The summed E-state index contributed by atoms with van der Waals surface area (Å²) in [6.07, 6.45) is 2.44. The van der Waals surface area contributed by atoms with Crippen LogP contribution < -0.4 is 0 Å². The van der Waals surface area contributed by atoms with Crippen LogP contribution in [-0.2, 0) is 4.74 Å². The van der Waals surface area contributed by atoms with E-state index in [0.717, 1.165) is 0 Å². The van der Waals surface area contributed by atoms with Gasteiger partial charge in [0.25, 0.3) is 0 Å². The van der Waals surface area contributed by atoms with Crippen LogP contribution in [0.4, 0.5) is 0 Å². The van der Waals surface area contributed by atoms with Crippen LogP contribution in [-0.4, -0.2) is 22.2 Å². The third-order valence-electron chi connectivity index (χ3n) is 1.36. The fourth-order valence-electron chi connectivity index (χ4n) is 0.836. The summed E-state index contributed by atoms with van der Waals surface area (Å²) in [5, 5.41) is 9.23. The Morgan fingerprint density at radius 3 is 2.85 bits per heavy atom. The SMILES string of the molecule is CC(C)OC(=O)c1ccncc1O. The molecule has 1 N–H and O–H groups in total. The van der Waals surface area contributed by atoms with Crippen molar-refractivity contribution in [2.45, 2.75) is 20.0 Å². The van der Waals surface area contributed by atoms with E-state index in [4.69, 9.17) is 4.74 Å². The van der Waals surface area contributed by atoms with Gasteiger partial charge in [-0.15, -0.1) is 0 Å². The second-order valence-electron chi connectivity index (χ2n) is 2.85. The Kier molecular flexibility index (Phi) is 2.84. The zero-order valence-electron chi connectivity index (χ0n) is 7.52. The number of aromatic hydroxyl groups is 1. The fourth-order valence-corrected chi connectivity index (χ4v) is 0.836. The molecular weight excluding hydrogens is 170 g/mol. The van der Waals surface area contributed by atoms with E-state index < -0.39 is 5.97 Å². The van der Waals surface area contributed by atoms with Crippen molar-refractivity contribution in [2.24, 2.45) is 0 Å². The summed E-state index contributed by atoms with van der Waals surface area (Å²) in [7, 11) is 0. The van der Waals surface area contributed by atoms with E-state index in [0.29, 0.717) is 0 Å². The molecule has 13 heavy (non-hydrogen) atoms. The zero-order valence-corrected chi connectivity index (χ0v) is 7.52. The highest BCUT2D eigenvalue weighted by Crippen LogP contribution is 2.15. The molecule has 0 saturated carbocycles. The predicted molar refractivity (Wildman–Crippen MR) is 46.5 cm³/mol. The summed E-state index contributed by atoms with van der Waals surface area (Å²) in [5.41, 5.74) is 0.142. The van der Waals surface area contributed by atoms with Gasteiger partial charge in [-0.25, -0.2) is 4.79 Å². The van der Waals surface area contributed by atoms with Crippen LogP contribution >= 0.6 is 0 Å². The summed E-state index contributed by atoms with van der Waals surface area (Å²) in [4.78, 5) is 14.9. The lowest BCUT2D eigenvalue weighted by molar-refractivity contribution is 0.0374. The molecule has 0 unspecified atom stereocenters. The van der Waals surface area contributed by atoms with Gasteiger partial charge < -0.3 is 9.84 Å². The Labute approximate surface area is 76.2 Å². The monoisotopic (exact) mass is 181 g/mol. The van der Waals surface area contributed by atoms with Crippen LogP contribution in [0.2, 0.25) is 0 Å². The summed E-state index contributed by atoms with van der Waals surface area (Å²) in [5.74, 6) is -0.692. The average Bonchev–Trinajstić information content (AvgIpc) is 2.03. The number of aromatic nitrogens is 1. The minimum absolute atomic E-state index is 0.142. The molecule has 0 bridgehead atoms. The lowest BCUT2D eigenvalue weighted by atomic mass is 10.2. The summed E-state index contributed by atoms with van der Waals surface area (Å²) < 4.78 is 4.89. The molecule has 70 valence electrons. The number of pyridine rings is 1. The van der Waals surface area contributed by atoms with E-state index in [1.807, 2.05) is 0 Å². The maximum Gasteiger partial charge on any atom is 0.342 e. The number of nitrogens with zero attached hydrogens (tertiary/aromatic N) is 1. The van der Waals surface area contributed by atoms with Gasteiger partial charge in [0, 0.05) is 6.20 Å². The Morgan fingerprint density at radius 1 is 1.62 bits per heavy atom. The molecule has 0 aliphatic rings. The molecule has 0 aliphatic carbocycles. The molecule has 1 aromatic heterocycles. The van der Waals surface area contributed by atoms with Crippen molar-refractivity contribution in [1.29, 1.82) is 0 Å². The number of carbonyl (C=O) groups is 1. The molecule has 0 aliphatic heterocycles. The molecule has 0 radical (unpaired) electrons. The van der Waals surface area contributed by atoms with Crippen LogP contribution in [0.25, 0.3) is 0 Å². The van der Waals surface area contributed by atoms with Gasteiger partial charge in [0.1, 0.15) is 11.3 Å². The minimum Gasteiger partial charge on any atom is -0.505 e. The topological polar surface area (TPSA) is 59.4 Å². The predicted octanol–water partition coefficient (Wildman–Crippen LogP) is 1.35. The third kappa shape index (κ3) is 2.43. The highest BCUT2D eigenvalue weighted by atomic mass is 16.5. The van der Waals surface area contributed by atoms with Gasteiger partial charge in [-0.2, -0.15) is 0 Å². The van der Waals surface area contributed by atoms with Crippen molar-refractivity contribution >= 4 is 5.97 Å². The van der Waals surface area contributed by atoms with Gasteiger partial charge in [0.2, 0.25) is 0 Å². The van der Waals surface area contributed by atoms with Crippen LogP contribution in [0.5, 0.6) is 5.75 Å². The van der Waals surface area contributed by atoms with Gasteiger partial charge in [-0.3, -0.25) is 4.98 Å². The number of rotatable bonds is 2. The van der Waals surface area contributed by atoms with E-state index in [1.165, 1.54) is 18.5 Å². The molecule has 0 saturated heterocycles. The van der Waals surface area contributed by atoms with Crippen LogP contribution in [0.15, 0.2) is 18.5 Å². The van der Waals surface area contributed by atoms with Gasteiger partial charge >= 0.3 is 5.97 Å². The molecule has 4 nitrogen and oxygen atoms in total. The first-order valence-electron chi connectivity index (χ1n) is 3.95. The van der Waals surface area contributed by atoms with Crippen LogP contribution in [0.3, 0.4) is 0 Å². The summed E-state index contributed by atoms with van der Waals surface area (Å²) >= 11 is 0. The number of hydrogen-bond acceptors (Lipinski definition) is 4. The smallest absolute Gasteiger partial charge is 0.342 e. The van der Waals surface area contributed by atoms with Gasteiger partial charge in [0.15, 0.2) is 0 Å². The van der Waals surface area contributed by atoms with Crippen molar-refractivity contribution in [1.82, 2.24) is 4.98 Å². The molecule has 1 heterocycles. The number of ether oxygens (including phenoxy) is 1. The van der Waals surface area contributed by atoms with E-state index >= 15 is 0 Å². The highest BCUT2D eigenvalue weighted by Gasteiger charge is 2.12. The first-order chi connectivity index (χ1) is 6.11. The lowest BCUT2D eigenvalue weighted by Crippen LogP contribution is -2.11. The molecular formula is C9H11NO3. The Morgan fingerprint density at radius 2 is 2.31 bits per heavy atom. The van der Waals surface area contributed by atoms with Crippen molar-refractivity contribution in [3.63, 3.8) is 0 Å². The quantitative estimate of drug-likeness (QED) is 0.699. The second kappa shape index (κ2) is 3.89. The van der Waals surface area contributed by atoms with E-state index in [2.05, 4.69) is 4.98 Å². The maximum absolute atomic E-state index is 11.3. The normalized spacial score (nSPS) is 10.1. The molecule has 0 fully saturated rings. The van der Waals surface area contributed by atoms with Crippen molar-refractivity contribution in [3.8, 4) is 5.75 Å². The Bertz CT molecular complexity index is 309. The first-order valence-corrected chi connectivity index (χ1v) is 3.95. The van der Waals surface area contributed by atoms with Gasteiger partial charge in [-0.05, 0) is 19.9 Å². The van der Waals surface area contributed by atoms with Gasteiger partial charge in [-0.1, -0.05) is 0 Å². The Hall–Kier alpha value is -1.58. The van der Waals surface area contributed by atoms with E-state index in [9.17, 15) is 9.90 Å². The van der Waals surface area contributed by atoms with Gasteiger partial charge in [0.05, 0.1) is 12.3 Å². The molecule has 0 spiro atoms. The molecule has 0 amide bonds. The average molecular weight is 181 g/mol. The largest absolute Gasteiger partial charge is 0.505 e. The second-order valence-corrected chi connectivity index (χ2v) is 2.85. The van der Waals surface area contributed by atoms with Crippen LogP contribution in [0.1, 0.15) is 24.2 Å². The van der Waals surface area contributed by atoms with E-state index in [1.54, 1.807) is 13.8 Å². The minimum atomic E-state index is -0.532. The Balaban J connectivity index is 2.83. The number of carbonyl (C=O) groups excluding carboxylic acids is 1. The molecule has 0 aromatic carbocycles. The summed E-state index contributed by atoms with van der Waals surface area (Å²) in [6, 6.07) is 1.42. The van der Waals surface area contributed by atoms with Crippen molar-refractivity contribution in [2.75, 3.05) is 0 Å². The number of hydrogen-bond donors (Lipinski definition) is 1. The van der Waals surface area contributed by atoms with Crippen molar-refractivity contribution < 1.29 is 14.6 Å². The third-order valence-corrected chi connectivity index (χ3v) is 1.36. The standard InChI is InChI=1S/C9H11NO3/c1-6(2)13-9(12)7-3-4-10-5-8(7)11/h3-6,11H,1-2H3. The molecule has 4 heteroatoms.